The van der Waals surface area contributed by atoms with Crippen molar-refractivity contribution in [2.75, 3.05) is 6.67 Å². The molecule has 0 saturated carbocycles. The third kappa shape index (κ3) is 1.79. The van der Waals surface area contributed by atoms with Gasteiger partial charge in [-0.1, -0.05) is 0 Å². The van der Waals surface area contributed by atoms with Crippen molar-refractivity contribution in [3.05, 3.63) is 0 Å². The van der Waals surface area contributed by atoms with E-state index in [9.17, 15) is 17.6 Å². The smallest absolute Gasteiger partial charge is 0.335 e. The van der Waals surface area contributed by atoms with Crippen molar-refractivity contribution in [1.82, 2.24) is 0 Å². The zero-order valence-electron chi connectivity index (χ0n) is 4.11. The first kappa shape index (κ1) is 8.64. The van der Waals surface area contributed by atoms with Crippen LogP contribution in [0.1, 0.15) is 0 Å². The summed E-state index contributed by atoms with van der Waals surface area (Å²) in [5, 5.41) is 14.9. The summed E-state index contributed by atoms with van der Waals surface area (Å²) >= 11 is 0. The quantitative estimate of drug-likeness (QED) is 0.433. The molecule has 0 rings (SSSR count). The Hall–Kier alpha value is -0.360. The van der Waals surface area contributed by atoms with Crippen LogP contribution in [0.4, 0.5) is 17.6 Å². The predicted octanol–water partition coefficient (Wildman–Crippen LogP) is 0.199. The van der Waals surface area contributed by atoms with E-state index in [4.69, 9.17) is 10.2 Å². The van der Waals surface area contributed by atoms with Crippen LogP contribution in [0.25, 0.3) is 0 Å². The van der Waals surface area contributed by atoms with Gasteiger partial charge in [-0.15, -0.1) is 0 Å². The first-order valence-electron chi connectivity index (χ1n) is 1.88. The van der Waals surface area contributed by atoms with Gasteiger partial charge < -0.3 is 10.2 Å². The highest BCUT2D eigenvalue weighted by molar-refractivity contribution is 4.72. The van der Waals surface area contributed by atoms with Gasteiger partial charge in [-0.3, -0.25) is 0 Å². The lowest BCUT2D eigenvalue weighted by Crippen LogP contribution is -2.45. The lowest BCUT2D eigenvalue weighted by atomic mass is 10.3. The summed E-state index contributed by atoms with van der Waals surface area (Å²) in [5.41, 5.74) is 0. The Bertz CT molecular complexity index is 96.5. The molecule has 0 aliphatic rings. The third-order valence-electron chi connectivity index (χ3n) is 0.633. The molecule has 0 aliphatic heterocycles. The molecule has 0 aliphatic carbocycles. The average molecular weight is 148 g/mol. The van der Waals surface area contributed by atoms with Gasteiger partial charge in [0.1, 0.15) is 0 Å². The van der Waals surface area contributed by atoms with Crippen LogP contribution in [0.2, 0.25) is 0 Å². The van der Waals surface area contributed by atoms with Crippen LogP contribution in [0.3, 0.4) is 0 Å². The first-order chi connectivity index (χ1) is 3.81. The Morgan fingerprint density at radius 2 is 1.44 bits per heavy atom. The molecule has 0 radical (unpaired) electrons. The van der Waals surface area contributed by atoms with Gasteiger partial charge in [0.15, 0.2) is 6.67 Å². The molecule has 0 amide bonds. The summed E-state index contributed by atoms with van der Waals surface area (Å²) in [6.07, 6.45) is 0. The maximum atomic E-state index is 11.4. The van der Waals surface area contributed by atoms with Crippen molar-refractivity contribution in [3.8, 4) is 0 Å². The minimum Gasteiger partial charge on any atom is -0.335 e. The second kappa shape index (κ2) is 2.11. The van der Waals surface area contributed by atoms with Crippen molar-refractivity contribution >= 4 is 0 Å². The molecular formula is C3H4F4O2. The van der Waals surface area contributed by atoms with E-state index in [0.29, 0.717) is 0 Å². The highest BCUT2D eigenvalue weighted by Gasteiger charge is 2.53. The maximum absolute atomic E-state index is 11.4. The second-order valence-electron chi connectivity index (χ2n) is 1.43. The molecule has 2 N–H and O–H groups in total. The van der Waals surface area contributed by atoms with Gasteiger partial charge in [-0.2, -0.15) is 13.2 Å². The van der Waals surface area contributed by atoms with Crippen LogP contribution in [0, 0.1) is 0 Å². The topological polar surface area (TPSA) is 40.5 Å². The van der Waals surface area contributed by atoms with Crippen LogP contribution in [-0.4, -0.2) is 28.9 Å². The first-order valence-corrected chi connectivity index (χ1v) is 1.88. The zero-order valence-corrected chi connectivity index (χ0v) is 4.11. The van der Waals surface area contributed by atoms with Gasteiger partial charge in [0, 0.05) is 0 Å². The number of hydrogen-bond acceptors (Lipinski definition) is 2. The van der Waals surface area contributed by atoms with E-state index in [2.05, 4.69) is 0 Å². The van der Waals surface area contributed by atoms with Gasteiger partial charge in [-0.25, -0.2) is 4.39 Å². The summed E-state index contributed by atoms with van der Waals surface area (Å²) in [6, 6.07) is -4.76. The Morgan fingerprint density at radius 3 is 1.44 bits per heavy atom. The van der Waals surface area contributed by atoms with E-state index in [0.717, 1.165) is 0 Å². The molecule has 2 nitrogen and oxygen atoms in total. The summed E-state index contributed by atoms with van der Waals surface area (Å²) in [4.78, 5) is 0. The Labute approximate surface area is 47.7 Å². The molecule has 6 heteroatoms. The third-order valence-corrected chi connectivity index (χ3v) is 0.633. The molecule has 0 aromatic heterocycles. The van der Waals surface area contributed by atoms with Crippen molar-refractivity contribution in [1.29, 1.82) is 0 Å². The molecule has 0 heterocycles. The van der Waals surface area contributed by atoms with Crippen LogP contribution in [0.15, 0.2) is 0 Å². The van der Waals surface area contributed by atoms with Crippen LogP contribution in [0.5, 0.6) is 0 Å². The summed E-state index contributed by atoms with van der Waals surface area (Å²) in [6.45, 7) is -2.45. The number of rotatable bonds is 2. The van der Waals surface area contributed by atoms with Gasteiger partial charge >= 0.3 is 12.0 Å². The largest absolute Gasteiger partial charge is 0.383 e. The van der Waals surface area contributed by atoms with E-state index >= 15 is 0 Å². The maximum Gasteiger partial charge on any atom is 0.383 e. The molecule has 0 atom stereocenters. The standard InChI is InChI=1S/C3H4F4O2/c4-1-2(5,6)3(7,8)9/h8-9H,1H2. The fourth-order valence-electron chi connectivity index (χ4n) is 0.0850. The Kier molecular flexibility index (Phi) is 2.02. The molecule has 0 fully saturated rings. The van der Waals surface area contributed by atoms with Crippen LogP contribution in [-0.2, 0) is 0 Å². The summed E-state index contributed by atoms with van der Waals surface area (Å²) in [5.74, 6) is -4.74. The SMILES string of the molecule is OC(O)(F)C(F)(F)CF. The number of halogens is 4. The summed E-state index contributed by atoms with van der Waals surface area (Å²) < 4.78 is 45.1. The fraction of sp³-hybridized carbons (Fsp3) is 1.00. The van der Waals surface area contributed by atoms with Gasteiger partial charge in [-0.05, 0) is 0 Å². The summed E-state index contributed by atoms with van der Waals surface area (Å²) in [7, 11) is 0. The second-order valence-corrected chi connectivity index (χ2v) is 1.43. The van der Waals surface area contributed by atoms with Gasteiger partial charge in [0.2, 0.25) is 0 Å². The van der Waals surface area contributed by atoms with Crippen molar-refractivity contribution in [2.45, 2.75) is 12.0 Å². The van der Waals surface area contributed by atoms with E-state index in [1.54, 1.807) is 0 Å². The average Bonchev–Trinajstić information content (AvgIpc) is 1.64. The van der Waals surface area contributed by atoms with E-state index in [1.165, 1.54) is 0 Å². The van der Waals surface area contributed by atoms with E-state index in [1.807, 2.05) is 0 Å². The molecule has 0 bridgehead atoms. The van der Waals surface area contributed by atoms with Crippen molar-refractivity contribution in [2.24, 2.45) is 0 Å². The number of aliphatic hydroxyl groups is 2. The molecule has 56 valence electrons. The molecule has 9 heavy (non-hydrogen) atoms. The number of hydrogen-bond donors (Lipinski definition) is 2. The molecule has 0 aromatic carbocycles. The van der Waals surface area contributed by atoms with E-state index < -0.39 is 18.6 Å². The molecule has 0 saturated heterocycles. The minimum absolute atomic E-state index is 2.45. The van der Waals surface area contributed by atoms with Crippen LogP contribution >= 0.6 is 0 Å². The Balaban J connectivity index is 4.14. The van der Waals surface area contributed by atoms with Crippen molar-refractivity contribution in [3.63, 3.8) is 0 Å². The highest BCUT2D eigenvalue weighted by atomic mass is 19.3. The van der Waals surface area contributed by atoms with Gasteiger partial charge in [0.25, 0.3) is 0 Å². The number of alkyl halides is 4. The van der Waals surface area contributed by atoms with Crippen molar-refractivity contribution < 1.29 is 27.8 Å². The highest BCUT2D eigenvalue weighted by Crippen LogP contribution is 2.27. The minimum atomic E-state index is -4.76. The zero-order chi connectivity index (χ0) is 7.71. The molecule has 0 spiro atoms. The molecular weight excluding hydrogens is 144 g/mol. The lowest BCUT2D eigenvalue weighted by Gasteiger charge is -2.19. The normalized spacial score (nSPS) is 14.0. The Morgan fingerprint density at radius 1 is 1.11 bits per heavy atom. The molecule has 0 unspecified atom stereocenters. The lowest BCUT2D eigenvalue weighted by molar-refractivity contribution is -0.368. The monoisotopic (exact) mass is 148 g/mol. The fourth-order valence-corrected chi connectivity index (χ4v) is 0.0850. The van der Waals surface area contributed by atoms with E-state index in [-0.39, 0.29) is 0 Å². The predicted molar refractivity (Wildman–Crippen MR) is 19.2 cm³/mol. The van der Waals surface area contributed by atoms with Crippen LogP contribution < -0.4 is 0 Å². The van der Waals surface area contributed by atoms with Gasteiger partial charge in [0.05, 0.1) is 0 Å². The molecule has 0 aromatic rings.